The number of rotatable bonds is 7. The number of urea groups is 1. The Morgan fingerprint density at radius 1 is 1.28 bits per heavy atom. The largest absolute Gasteiger partial charge is 0.337 e. The van der Waals surface area contributed by atoms with E-state index in [1.807, 2.05) is 18.3 Å². The highest BCUT2D eigenvalue weighted by molar-refractivity contribution is 5.94. The predicted octanol–water partition coefficient (Wildman–Crippen LogP) is 5.20. The van der Waals surface area contributed by atoms with E-state index in [0.717, 1.165) is 42.6 Å². The lowest BCUT2D eigenvalue weighted by molar-refractivity contribution is -0.103. The molecule has 0 spiro atoms. The first-order valence-electron chi connectivity index (χ1n) is 11.5. The van der Waals surface area contributed by atoms with Crippen molar-refractivity contribution in [1.82, 2.24) is 15.3 Å². The molecule has 1 aromatic heterocycles. The van der Waals surface area contributed by atoms with Gasteiger partial charge in [0, 0.05) is 18.5 Å². The van der Waals surface area contributed by atoms with Crippen molar-refractivity contribution in [3.05, 3.63) is 30.1 Å². The predicted molar refractivity (Wildman–Crippen MR) is 117 cm³/mol. The molecule has 5 heteroatoms. The fourth-order valence-corrected chi connectivity index (χ4v) is 5.82. The maximum absolute atomic E-state index is 12.9. The van der Waals surface area contributed by atoms with Gasteiger partial charge in [0.2, 0.25) is 0 Å². The molecule has 0 radical (unpaired) electrons. The van der Waals surface area contributed by atoms with Crippen LogP contribution in [0.4, 0.5) is 4.79 Å². The molecule has 1 aromatic rings. The molecule has 0 aromatic carbocycles. The lowest BCUT2D eigenvalue weighted by atomic mass is 9.45. The third-order valence-corrected chi connectivity index (χ3v) is 7.84. The van der Waals surface area contributed by atoms with Crippen LogP contribution in [0.3, 0.4) is 0 Å². The van der Waals surface area contributed by atoms with Crippen molar-refractivity contribution in [1.29, 1.82) is 0 Å². The van der Waals surface area contributed by atoms with E-state index in [-0.39, 0.29) is 11.9 Å². The minimum Gasteiger partial charge on any atom is -0.336 e. The molecule has 1 N–H and O–H groups in total. The molecule has 3 aliphatic carbocycles. The van der Waals surface area contributed by atoms with Gasteiger partial charge in [-0.1, -0.05) is 39.7 Å². The van der Waals surface area contributed by atoms with Gasteiger partial charge in [-0.25, -0.2) is 9.80 Å². The smallest absolute Gasteiger partial charge is 0.336 e. The van der Waals surface area contributed by atoms with E-state index >= 15 is 0 Å². The Hall–Kier alpha value is -1.91. The Balaban J connectivity index is 1.37. The molecular formula is C24H36N4O. The Morgan fingerprint density at radius 2 is 2.14 bits per heavy atom. The number of nitrogens with zero attached hydrogens (tertiary/aromatic N) is 3. The van der Waals surface area contributed by atoms with Crippen LogP contribution in [-0.2, 0) is 0 Å². The molecule has 3 fully saturated rings. The summed E-state index contributed by atoms with van der Waals surface area (Å²) >= 11 is 0. The summed E-state index contributed by atoms with van der Waals surface area (Å²) < 4.78 is 0. The highest BCUT2D eigenvalue weighted by atomic mass is 16.2. The third kappa shape index (κ3) is 4.06. The van der Waals surface area contributed by atoms with Gasteiger partial charge >= 0.3 is 6.03 Å². The van der Waals surface area contributed by atoms with Gasteiger partial charge < -0.3 is 5.32 Å². The standard InChI is InChI=1S/C24H36N4O/c1-4-5-6-10-22-19(21-9-7-8-13-25-21)16-28(27-22)23(29)26-15-17-11-12-18-14-20(17)24(18,2)3/h7-9,13,17-20H,4-6,10-12,14-16H2,1-3H3,(H,26,29)/t17-,18-,19?,20-/m0/s1. The van der Waals surface area contributed by atoms with E-state index in [4.69, 9.17) is 5.10 Å². The van der Waals surface area contributed by atoms with E-state index in [1.54, 1.807) is 5.01 Å². The molecule has 158 valence electrons. The quantitative estimate of drug-likeness (QED) is 0.644. The van der Waals surface area contributed by atoms with Crippen molar-refractivity contribution < 1.29 is 4.79 Å². The van der Waals surface area contributed by atoms with Gasteiger partial charge in [-0.15, -0.1) is 0 Å². The number of pyridine rings is 1. The number of aromatic nitrogens is 1. The Morgan fingerprint density at radius 3 is 2.83 bits per heavy atom. The SMILES string of the molecule is CCCCCC1=NN(C(=O)NC[C@@H]2CC[C@H]3C[C@@H]2C3(C)C)CC1c1ccccn1. The van der Waals surface area contributed by atoms with Crippen LogP contribution in [0.5, 0.6) is 0 Å². The van der Waals surface area contributed by atoms with Crippen LogP contribution < -0.4 is 5.32 Å². The van der Waals surface area contributed by atoms with Crippen LogP contribution in [0.2, 0.25) is 0 Å². The molecule has 2 heterocycles. The molecule has 0 saturated heterocycles. The molecule has 29 heavy (non-hydrogen) atoms. The normalized spacial score (nSPS) is 29.9. The highest BCUT2D eigenvalue weighted by Gasteiger charge is 2.54. The zero-order valence-electron chi connectivity index (χ0n) is 18.2. The number of nitrogens with one attached hydrogen (secondary N) is 1. The summed E-state index contributed by atoms with van der Waals surface area (Å²) in [5.74, 6) is 2.39. The molecule has 1 aliphatic heterocycles. The highest BCUT2D eigenvalue weighted by Crippen LogP contribution is 2.61. The molecule has 5 nitrogen and oxygen atoms in total. The van der Waals surface area contributed by atoms with Gasteiger partial charge in [0.25, 0.3) is 0 Å². The van der Waals surface area contributed by atoms with E-state index in [0.29, 0.717) is 17.9 Å². The van der Waals surface area contributed by atoms with Gasteiger partial charge in [0.05, 0.1) is 18.2 Å². The first kappa shape index (κ1) is 20.4. The fraction of sp³-hybridized carbons (Fsp3) is 0.708. The van der Waals surface area contributed by atoms with Crippen molar-refractivity contribution in [2.75, 3.05) is 13.1 Å². The van der Waals surface area contributed by atoms with Crippen LogP contribution in [0.15, 0.2) is 29.5 Å². The molecule has 3 saturated carbocycles. The Labute approximate surface area is 175 Å². The first-order valence-corrected chi connectivity index (χ1v) is 11.5. The number of hydrogen-bond donors (Lipinski definition) is 1. The minimum atomic E-state index is -0.0457. The Bertz CT molecular complexity index is 743. The maximum atomic E-state index is 12.9. The average Bonchev–Trinajstić information content (AvgIpc) is 3.17. The zero-order valence-corrected chi connectivity index (χ0v) is 18.2. The summed E-state index contributed by atoms with van der Waals surface area (Å²) in [6.45, 7) is 8.41. The van der Waals surface area contributed by atoms with E-state index < -0.39 is 0 Å². The van der Waals surface area contributed by atoms with E-state index in [2.05, 4.69) is 37.1 Å². The summed E-state index contributed by atoms with van der Waals surface area (Å²) in [4.78, 5) is 17.5. The number of carbonyl (C=O) groups excluding carboxylic acids is 1. The molecular weight excluding hydrogens is 360 g/mol. The summed E-state index contributed by atoms with van der Waals surface area (Å²) in [6.07, 6.45) is 10.2. The van der Waals surface area contributed by atoms with Crippen molar-refractivity contribution >= 4 is 11.7 Å². The number of carbonyl (C=O) groups is 1. The van der Waals surface area contributed by atoms with Crippen LogP contribution >= 0.6 is 0 Å². The van der Waals surface area contributed by atoms with Crippen LogP contribution in [-0.4, -0.2) is 34.8 Å². The first-order chi connectivity index (χ1) is 14.0. The summed E-state index contributed by atoms with van der Waals surface area (Å²) in [5, 5.41) is 9.59. The minimum absolute atomic E-state index is 0.0457. The van der Waals surface area contributed by atoms with Gasteiger partial charge in [0.1, 0.15) is 0 Å². The van der Waals surface area contributed by atoms with Crippen molar-refractivity contribution in [3.63, 3.8) is 0 Å². The topological polar surface area (TPSA) is 57.6 Å². The molecule has 4 aliphatic rings. The fourth-order valence-electron chi connectivity index (χ4n) is 5.82. The van der Waals surface area contributed by atoms with Crippen molar-refractivity contribution in [2.45, 2.75) is 71.6 Å². The van der Waals surface area contributed by atoms with Crippen LogP contribution in [0.25, 0.3) is 0 Å². The lowest BCUT2D eigenvalue weighted by Crippen LogP contribution is -2.55. The van der Waals surface area contributed by atoms with E-state index in [9.17, 15) is 4.79 Å². The van der Waals surface area contributed by atoms with Gasteiger partial charge in [-0.3, -0.25) is 4.98 Å². The summed E-state index contributed by atoms with van der Waals surface area (Å²) in [5.41, 5.74) is 2.58. The summed E-state index contributed by atoms with van der Waals surface area (Å²) in [6, 6.07) is 5.97. The lowest BCUT2D eigenvalue weighted by Gasteiger charge is -2.60. The Kier molecular flexibility index (Phi) is 5.93. The second-order valence-corrected chi connectivity index (χ2v) is 9.82. The number of hydrogen-bond acceptors (Lipinski definition) is 3. The number of amides is 2. The van der Waals surface area contributed by atoms with Gasteiger partial charge in [-0.2, -0.15) is 5.10 Å². The van der Waals surface area contributed by atoms with Gasteiger partial charge in [0.15, 0.2) is 0 Å². The van der Waals surface area contributed by atoms with Crippen LogP contribution in [0, 0.1) is 23.2 Å². The van der Waals surface area contributed by atoms with Crippen molar-refractivity contribution in [3.8, 4) is 0 Å². The second kappa shape index (κ2) is 8.45. The van der Waals surface area contributed by atoms with Gasteiger partial charge in [-0.05, 0) is 67.4 Å². The average molecular weight is 397 g/mol. The van der Waals surface area contributed by atoms with Crippen molar-refractivity contribution in [2.24, 2.45) is 28.3 Å². The number of unbranched alkanes of at least 4 members (excludes halogenated alkanes) is 2. The zero-order chi connectivity index (χ0) is 20.4. The molecule has 1 unspecified atom stereocenters. The van der Waals surface area contributed by atoms with Crippen LogP contribution in [0.1, 0.15) is 77.3 Å². The molecule has 2 bridgehead atoms. The molecule has 5 rings (SSSR count). The maximum Gasteiger partial charge on any atom is 0.337 e. The third-order valence-electron chi connectivity index (χ3n) is 7.84. The van der Waals surface area contributed by atoms with E-state index in [1.165, 1.54) is 32.1 Å². The number of hydrazone groups is 1. The molecule has 2 amide bonds. The number of fused-ring (bicyclic) bond motifs is 2. The second-order valence-electron chi connectivity index (χ2n) is 9.82. The monoisotopic (exact) mass is 396 g/mol. The molecule has 4 atom stereocenters. The summed E-state index contributed by atoms with van der Waals surface area (Å²) in [7, 11) is 0.